The fourth-order valence-electron chi connectivity index (χ4n) is 1.73. The molecular weight excluding hydrogens is 321 g/mol. The van der Waals surface area contributed by atoms with Crippen LogP contribution >= 0.6 is 15.9 Å². The summed E-state index contributed by atoms with van der Waals surface area (Å²) >= 11 is 3.13. The van der Waals surface area contributed by atoms with Gasteiger partial charge in [0.1, 0.15) is 17.3 Å². The van der Waals surface area contributed by atoms with E-state index >= 15 is 0 Å². The molecule has 2 rings (SSSR count). The molecule has 0 bridgehead atoms. The number of hydrogen-bond acceptors (Lipinski definition) is 2. The van der Waals surface area contributed by atoms with Crippen LogP contribution in [0.5, 0.6) is 11.5 Å². The third-order valence-corrected chi connectivity index (χ3v) is 3.44. The fraction of sp³-hybridized carbons (Fsp3) is 0.250. The lowest BCUT2D eigenvalue weighted by atomic mass is 10.2. The molecular formula is C16H17BrFNO. The molecule has 1 N–H and O–H groups in total. The van der Waals surface area contributed by atoms with Crippen LogP contribution in [-0.4, -0.2) is 6.04 Å². The van der Waals surface area contributed by atoms with E-state index in [4.69, 9.17) is 4.74 Å². The Morgan fingerprint density at radius 2 is 1.95 bits per heavy atom. The van der Waals surface area contributed by atoms with Crippen LogP contribution in [-0.2, 0) is 6.54 Å². The van der Waals surface area contributed by atoms with Crippen molar-refractivity contribution in [2.45, 2.75) is 26.4 Å². The van der Waals surface area contributed by atoms with Crippen molar-refractivity contribution in [2.75, 3.05) is 0 Å². The molecule has 0 amide bonds. The molecule has 0 aliphatic rings. The molecule has 0 saturated heterocycles. The molecule has 2 aromatic carbocycles. The van der Waals surface area contributed by atoms with Crippen LogP contribution in [0.15, 0.2) is 46.9 Å². The number of ether oxygens (including phenoxy) is 1. The summed E-state index contributed by atoms with van der Waals surface area (Å²) in [5.41, 5.74) is 1.05. The zero-order chi connectivity index (χ0) is 14.5. The van der Waals surface area contributed by atoms with Gasteiger partial charge in [-0.3, -0.25) is 0 Å². The maximum atomic E-state index is 13.5. The Bertz CT molecular complexity index is 586. The van der Waals surface area contributed by atoms with Crippen LogP contribution < -0.4 is 10.1 Å². The molecule has 0 saturated carbocycles. The molecule has 0 aromatic heterocycles. The first kappa shape index (κ1) is 15.0. The minimum Gasteiger partial charge on any atom is -0.457 e. The van der Waals surface area contributed by atoms with Crippen molar-refractivity contribution >= 4 is 15.9 Å². The topological polar surface area (TPSA) is 21.3 Å². The van der Waals surface area contributed by atoms with E-state index in [0.717, 1.165) is 11.3 Å². The van der Waals surface area contributed by atoms with Crippen molar-refractivity contribution < 1.29 is 9.13 Å². The Morgan fingerprint density at radius 3 is 2.65 bits per heavy atom. The summed E-state index contributed by atoms with van der Waals surface area (Å²) in [5, 5.41) is 3.35. The van der Waals surface area contributed by atoms with E-state index in [0.29, 0.717) is 22.8 Å². The van der Waals surface area contributed by atoms with E-state index in [1.807, 2.05) is 24.3 Å². The molecule has 0 atom stereocenters. The second-order valence-corrected chi connectivity index (χ2v) is 5.68. The molecule has 0 aliphatic heterocycles. The van der Waals surface area contributed by atoms with Crippen molar-refractivity contribution in [1.82, 2.24) is 5.32 Å². The average molecular weight is 338 g/mol. The smallest absolute Gasteiger partial charge is 0.141 e. The summed E-state index contributed by atoms with van der Waals surface area (Å²) in [6.45, 7) is 4.90. The quantitative estimate of drug-likeness (QED) is 0.839. The van der Waals surface area contributed by atoms with Gasteiger partial charge >= 0.3 is 0 Å². The van der Waals surface area contributed by atoms with Crippen molar-refractivity contribution in [3.05, 3.63) is 58.3 Å². The highest BCUT2D eigenvalue weighted by molar-refractivity contribution is 9.10. The third kappa shape index (κ3) is 4.05. The third-order valence-electron chi connectivity index (χ3n) is 2.79. The van der Waals surface area contributed by atoms with Crippen LogP contribution in [0.3, 0.4) is 0 Å². The van der Waals surface area contributed by atoms with E-state index in [-0.39, 0.29) is 5.82 Å². The highest BCUT2D eigenvalue weighted by Crippen LogP contribution is 2.28. The monoisotopic (exact) mass is 337 g/mol. The second-order valence-electron chi connectivity index (χ2n) is 4.82. The van der Waals surface area contributed by atoms with E-state index in [9.17, 15) is 4.39 Å². The number of nitrogens with one attached hydrogen (secondary N) is 1. The highest BCUT2D eigenvalue weighted by Gasteiger charge is 2.07. The average Bonchev–Trinajstić information content (AvgIpc) is 2.42. The van der Waals surface area contributed by atoms with Crippen LogP contribution in [0.4, 0.5) is 4.39 Å². The molecule has 0 unspecified atom stereocenters. The summed E-state index contributed by atoms with van der Waals surface area (Å²) in [7, 11) is 0. The summed E-state index contributed by atoms with van der Waals surface area (Å²) in [5.74, 6) is 0.894. The van der Waals surface area contributed by atoms with Gasteiger partial charge in [-0.2, -0.15) is 0 Å². The first-order chi connectivity index (χ1) is 9.56. The van der Waals surface area contributed by atoms with Gasteiger partial charge < -0.3 is 10.1 Å². The maximum absolute atomic E-state index is 13.5. The first-order valence-electron chi connectivity index (χ1n) is 6.50. The van der Waals surface area contributed by atoms with E-state index in [1.165, 1.54) is 6.07 Å². The first-order valence-corrected chi connectivity index (χ1v) is 7.30. The van der Waals surface area contributed by atoms with E-state index in [2.05, 4.69) is 35.1 Å². The molecule has 0 heterocycles. The van der Waals surface area contributed by atoms with Gasteiger partial charge in [-0.1, -0.05) is 32.0 Å². The van der Waals surface area contributed by atoms with E-state index in [1.54, 1.807) is 12.1 Å². The van der Waals surface area contributed by atoms with Crippen LogP contribution in [0.25, 0.3) is 0 Å². The van der Waals surface area contributed by atoms with Crippen molar-refractivity contribution in [3.63, 3.8) is 0 Å². The zero-order valence-electron chi connectivity index (χ0n) is 11.5. The van der Waals surface area contributed by atoms with Crippen LogP contribution in [0.1, 0.15) is 19.4 Å². The Labute approximate surface area is 127 Å². The summed E-state index contributed by atoms with van der Waals surface area (Å²) in [4.78, 5) is 0. The molecule has 0 aliphatic carbocycles. The van der Waals surface area contributed by atoms with Gasteiger partial charge in [0.25, 0.3) is 0 Å². The van der Waals surface area contributed by atoms with Crippen molar-refractivity contribution in [1.29, 1.82) is 0 Å². The van der Waals surface area contributed by atoms with Gasteiger partial charge in [-0.25, -0.2) is 4.39 Å². The van der Waals surface area contributed by atoms with Crippen LogP contribution in [0, 0.1) is 5.82 Å². The fourth-order valence-corrected chi connectivity index (χ4v) is 1.98. The lowest BCUT2D eigenvalue weighted by Gasteiger charge is -2.13. The number of halogens is 2. The molecule has 0 fully saturated rings. The Hall–Kier alpha value is -1.39. The SMILES string of the molecule is CC(C)NCc1ccccc1Oc1ccc(Br)c(F)c1. The van der Waals surface area contributed by atoms with Gasteiger partial charge in [0, 0.05) is 24.2 Å². The van der Waals surface area contributed by atoms with Gasteiger partial charge in [-0.15, -0.1) is 0 Å². The number of rotatable bonds is 5. The number of para-hydroxylation sites is 1. The lowest BCUT2D eigenvalue weighted by Crippen LogP contribution is -2.22. The minimum absolute atomic E-state index is 0.333. The zero-order valence-corrected chi connectivity index (χ0v) is 13.1. The highest BCUT2D eigenvalue weighted by atomic mass is 79.9. The van der Waals surface area contributed by atoms with Gasteiger partial charge in [0.15, 0.2) is 0 Å². The van der Waals surface area contributed by atoms with Gasteiger partial charge in [-0.05, 0) is 34.1 Å². The Kier molecular flexibility index (Phi) is 5.15. The van der Waals surface area contributed by atoms with Crippen molar-refractivity contribution in [3.8, 4) is 11.5 Å². The molecule has 0 spiro atoms. The Balaban J connectivity index is 2.17. The maximum Gasteiger partial charge on any atom is 0.141 e. The van der Waals surface area contributed by atoms with Gasteiger partial charge in [0.2, 0.25) is 0 Å². The van der Waals surface area contributed by atoms with Gasteiger partial charge in [0.05, 0.1) is 4.47 Å². The molecule has 2 nitrogen and oxygen atoms in total. The predicted octanol–water partition coefficient (Wildman–Crippen LogP) is 4.88. The number of benzene rings is 2. The molecule has 106 valence electrons. The summed E-state index contributed by atoms with van der Waals surface area (Å²) in [6.07, 6.45) is 0. The molecule has 0 radical (unpaired) electrons. The van der Waals surface area contributed by atoms with Crippen molar-refractivity contribution in [2.24, 2.45) is 0 Å². The molecule has 2 aromatic rings. The summed E-state index contributed by atoms with van der Waals surface area (Å²) in [6, 6.07) is 12.9. The minimum atomic E-state index is -0.333. The largest absolute Gasteiger partial charge is 0.457 e. The molecule has 20 heavy (non-hydrogen) atoms. The summed E-state index contributed by atoms with van der Waals surface area (Å²) < 4.78 is 19.7. The van der Waals surface area contributed by atoms with E-state index < -0.39 is 0 Å². The van der Waals surface area contributed by atoms with Crippen LogP contribution in [0.2, 0.25) is 0 Å². The Morgan fingerprint density at radius 1 is 1.20 bits per heavy atom. The standard InChI is InChI=1S/C16H17BrFNO/c1-11(2)19-10-12-5-3-4-6-16(12)20-13-7-8-14(17)15(18)9-13/h3-9,11,19H,10H2,1-2H3. The molecule has 4 heteroatoms. The number of hydrogen-bond donors (Lipinski definition) is 1. The lowest BCUT2D eigenvalue weighted by molar-refractivity contribution is 0.464. The predicted molar refractivity (Wildman–Crippen MR) is 82.6 cm³/mol. The second kappa shape index (κ2) is 6.86. The normalized spacial score (nSPS) is 10.8.